The van der Waals surface area contributed by atoms with Crippen molar-refractivity contribution in [1.82, 2.24) is 29.7 Å². The number of aromatic nitrogens is 5. The number of fused-ring (bicyclic) bond motifs is 1. The molecule has 1 aromatic carbocycles. The Bertz CT molecular complexity index is 1300. The van der Waals surface area contributed by atoms with Gasteiger partial charge in [0.2, 0.25) is 0 Å². The molecule has 0 aliphatic heterocycles. The van der Waals surface area contributed by atoms with Crippen molar-refractivity contribution in [2.75, 3.05) is 0 Å². The van der Waals surface area contributed by atoms with Crippen LogP contribution < -0.4 is 5.32 Å². The van der Waals surface area contributed by atoms with Crippen molar-refractivity contribution < 1.29 is 9.18 Å². The Morgan fingerprint density at radius 3 is 2.87 bits per heavy atom. The summed E-state index contributed by atoms with van der Waals surface area (Å²) in [4.78, 5) is 17.0. The van der Waals surface area contributed by atoms with Crippen molar-refractivity contribution in [1.29, 1.82) is 0 Å². The lowest BCUT2D eigenvalue weighted by Gasteiger charge is -2.08. The van der Waals surface area contributed by atoms with Crippen molar-refractivity contribution in [3.05, 3.63) is 80.7 Å². The van der Waals surface area contributed by atoms with Gasteiger partial charge in [0.1, 0.15) is 11.5 Å². The third kappa shape index (κ3) is 4.20. The van der Waals surface area contributed by atoms with Gasteiger partial charge in [-0.25, -0.2) is 14.1 Å². The van der Waals surface area contributed by atoms with Crippen molar-refractivity contribution in [3.8, 4) is 0 Å². The highest BCUT2D eigenvalue weighted by Gasteiger charge is 2.23. The van der Waals surface area contributed by atoms with E-state index in [1.807, 2.05) is 16.7 Å². The highest BCUT2D eigenvalue weighted by Crippen LogP contribution is 2.39. The molecular formula is C21H17BrClFN6O. The van der Waals surface area contributed by atoms with E-state index >= 15 is 0 Å². The van der Waals surface area contributed by atoms with Crippen molar-refractivity contribution >= 4 is 39.1 Å². The molecule has 4 aromatic rings. The van der Waals surface area contributed by atoms with Crippen LogP contribution in [-0.2, 0) is 13.1 Å². The molecule has 0 spiro atoms. The van der Waals surface area contributed by atoms with Crippen LogP contribution in [0.2, 0.25) is 5.02 Å². The second kappa shape index (κ2) is 8.05. The third-order valence-corrected chi connectivity index (χ3v) is 6.27. The van der Waals surface area contributed by atoms with Crippen molar-refractivity contribution in [2.24, 2.45) is 0 Å². The minimum atomic E-state index is -0.573. The first-order valence-electron chi connectivity index (χ1n) is 9.76. The molecule has 1 aliphatic carbocycles. The summed E-state index contributed by atoms with van der Waals surface area (Å²) in [6.07, 6.45) is 8.12. The van der Waals surface area contributed by atoms with Crippen LogP contribution in [0.15, 0.2) is 47.3 Å². The van der Waals surface area contributed by atoms with Crippen LogP contribution in [0.25, 0.3) is 5.65 Å². The molecule has 0 bridgehead atoms. The molecule has 10 heteroatoms. The molecule has 1 saturated carbocycles. The molecule has 1 fully saturated rings. The predicted molar refractivity (Wildman–Crippen MR) is 117 cm³/mol. The average molecular weight is 504 g/mol. The Labute approximate surface area is 190 Å². The van der Waals surface area contributed by atoms with E-state index in [9.17, 15) is 9.18 Å². The normalized spacial score (nSPS) is 13.6. The van der Waals surface area contributed by atoms with Gasteiger partial charge in [-0.05, 0) is 42.5 Å². The van der Waals surface area contributed by atoms with Gasteiger partial charge in [-0.15, -0.1) is 5.10 Å². The molecule has 0 atom stereocenters. The highest BCUT2D eigenvalue weighted by molar-refractivity contribution is 9.10. The van der Waals surface area contributed by atoms with E-state index in [1.54, 1.807) is 16.9 Å². The number of hydrogen-bond donors (Lipinski definition) is 1. The number of nitrogens with zero attached hydrogens (tertiary/aromatic N) is 5. The van der Waals surface area contributed by atoms with Gasteiger partial charge < -0.3 is 9.72 Å². The Kier molecular flexibility index (Phi) is 5.23. The van der Waals surface area contributed by atoms with E-state index in [0.29, 0.717) is 16.9 Å². The zero-order valence-electron chi connectivity index (χ0n) is 16.2. The Hall–Kier alpha value is -2.78. The maximum atomic E-state index is 14.2. The number of halogens is 3. The predicted octanol–water partition coefficient (Wildman–Crippen LogP) is 4.34. The van der Waals surface area contributed by atoms with E-state index in [0.717, 1.165) is 11.3 Å². The minimum absolute atomic E-state index is 0.00454. The van der Waals surface area contributed by atoms with Crippen LogP contribution in [0.1, 0.15) is 46.1 Å². The van der Waals surface area contributed by atoms with Gasteiger partial charge in [0.05, 0.1) is 23.5 Å². The summed E-state index contributed by atoms with van der Waals surface area (Å²) in [5.74, 6) is -0.356. The zero-order chi connectivity index (χ0) is 21.5. The zero-order valence-corrected chi connectivity index (χ0v) is 18.6. The molecule has 31 heavy (non-hydrogen) atoms. The standard InChI is InChI=1S/C21H17BrClFN6O/c22-16-4-5-17(23)20(24)15(16)7-25-21(31)18-11-30(28-27-18)10-14-9-29-8-13(12-1-2-12)3-6-19(29)26-14/h3-6,8-9,11-12H,1-2,7,10H2,(H,25,31). The molecule has 3 heterocycles. The summed E-state index contributed by atoms with van der Waals surface area (Å²) in [6, 6.07) is 7.23. The number of carbonyl (C=O) groups is 1. The molecule has 5 rings (SSSR count). The maximum absolute atomic E-state index is 14.2. The molecule has 0 radical (unpaired) electrons. The first-order chi connectivity index (χ1) is 15.0. The molecule has 0 saturated heterocycles. The van der Waals surface area contributed by atoms with E-state index in [-0.39, 0.29) is 22.8 Å². The maximum Gasteiger partial charge on any atom is 0.273 e. The second-order valence-corrected chi connectivity index (χ2v) is 8.80. The summed E-state index contributed by atoms with van der Waals surface area (Å²) < 4.78 is 18.3. The highest BCUT2D eigenvalue weighted by atomic mass is 79.9. The number of benzene rings is 1. The van der Waals surface area contributed by atoms with Crippen LogP contribution >= 0.6 is 27.5 Å². The number of pyridine rings is 1. The van der Waals surface area contributed by atoms with E-state index in [4.69, 9.17) is 11.6 Å². The molecule has 0 unspecified atom stereocenters. The lowest BCUT2D eigenvalue weighted by molar-refractivity contribution is 0.0945. The number of rotatable bonds is 6. The third-order valence-electron chi connectivity index (χ3n) is 5.23. The monoisotopic (exact) mass is 502 g/mol. The van der Waals surface area contributed by atoms with Gasteiger partial charge >= 0.3 is 0 Å². The molecular weight excluding hydrogens is 487 g/mol. The number of imidazole rings is 1. The summed E-state index contributed by atoms with van der Waals surface area (Å²) in [5.41, 5.74) is 3.42. The SMILES string of the molecule is O=C(NCc1c(Br)ccc(Cl)c1F)c1cn(Cc2cn3cc(C4CC4)ccc3n2)nn1. The van der Waals surface area contributed by atoms with E-state index in [2.05, 4.69) is 48.8 Å². The molecule has 1 N–H and O–H groups in total. The lowest BCUT2D eigenvalue weighted by Crippen LogP contribution is -2.24. The summed E-state index contributed by atoms with van der Waals surface area (Å²) in [5, 5.41) is 10.6. The summed E-state index contributed by atoms with van der Waals surface area (Å²) in [6.45, 7) is 0.351. The fraction of sp³-hybridized carbons (Fsp3) is 0.238. The molecule has 1 aliphatic rings. The van der Waals surface area contributed by atoms with Crippen LogP contribution in [0.3, 0.4) is 0 Å². The van der Waals surface area contributed by atoms with Gasteiger partial charge in [-0.2, -0.15) is 0 Å². The fourth-order valence-electron chi connectivity index (χ4n) is 3.43. The van der Waals surface area contributed by atoms with Crippen LogP contribution in [0.5, 0.6) is 0 Å². The topological polar surface area (TPSA) is 77.1 Å². The summed E-state index contributed by atoms with van der Waals surface area (Å²) >= 11 is 9.08. The van der Waals surface area contributed by atoms with Crippen LogP contribution in [0, 0.1) is 5.82 Å². The fourth-order valence-corrected chi connectivity index (χ4v) is 4.06. The Balaban J connectivity index is 1.26. The first-order valence-corrected chi connectivity index (χ1v) is 10.9. The second-order valence-electron chi connectivity index (χ2n) is 7.54. The van der Waals surface area contributed by atoms with Gasteiger partial charge in [-0.1, -0.05) is 38.8 Å². The van der Waals surface area contributed by atoms with Gasteiger partial charge in [0.25, 0.3) is 5.91 Å². The molecule has 3 aromatic heterocycles. The number of nitrogens with one attached hydrogen (secondary N) is 1. The number of hydrogen-bond acceptors (Lipinski definition) is 4. The van der Waals surface area contributed by atoms with Crippen LogP contribution in [0.4, 0.5) is 4.39 Å². The quantitative estimate of drug-likeness (QED) is 0.397. The van der Waals surface area contributed by atoms with E-state index < -0.39 is 11.7 Å². The molecule has 7 nitrogen and oxygen atoms in total. The lowest BCUT2D eigenvalue weighted by atomic mass is 10.2. The minimum Gasteiger partial charge on any atom is -0.346 e. The number of amides is 1. The Morgan fingerprint density at radius 2 is 2.06 bits per heavy atom. The van der Waals surface area contributed by atoms with Gasteiger partial charge in [0.15, 0.2) is 5.69 Å². The number of carbonyl (C=O) groups excluding carboxylic acids is 1. The van der Waals surface area contributed by atoms with Crippen LogP contribution in [-0.4, -0.2) is 30.3 Å². The molecule has 158 valence electrons. The van der Waals surface area contributed by atoms with E-state index in [1.165, 1.54) is 24.5 Å². The average Bonchev–Trinajstić information content (AvgIpc) is 3.37. The van der Waals surface area contributed by atoms with Crippen molar-refractivity contribution in [3.63, 3.8) is 0 Å². The molecule has 1 amide bonds. The van der Waals surface area contributed by atoms with Crippen molar-refractivity contribution in [2.45, 2.75) is 31.8 Å². The summed E-state index contributed by atoms with van der Waals surface area (Å²) in [7, 11) is 0. The largest absolute Gasteiger partial charge is 0.346 e. The van der Waals surface area contributed by atoms with Gasteiger partial charge in [-0.3, -0.25) is 4.79 Å². The first kappa shape index (κ1) is 20.1. The smallest absolute Gasteiger partial charge is 0.273 e. The Morgan fingerprint density at radius 1 is 1.23 bits per heavy atom. The van der Waals surface area contributed by atoms with Gasteiger partial charge in [0, 0.05) is 29.0 Å².